The molecule has 38 heavy (non-hydrogen) atoms. The van der Waals surface area contributed by atoms with Gasteiger partial charge in [0.1, 0.15) is 17.5 Å². The highest BCUT2D eigenvalue weighted by atomic mass is 19.1. The molecule has 2 aromatic carbocycles. The third-order valence-electron chi connectivity index (χ3n) is 7.36. The van der Waals surface area contributed by atoms with Crippen molar-refractivity contribution in [3.63, 3.8) is 0 Å². The van der Waals surface area contributed by atoms with Gasteiger partial charge in [-0.25, -0.2) is 8.78 Å². The van der Waals surface area contributed by atoms with E-state index in [9.17, 15) is 18.7 Å². The summed E-state index contributed by atoms with van der Waals surface area (Å²) in [7, 11) is 0. The third-order valence-corrected chi connectivity index (χ3v) is 7.36. The molecule has 0 spiro atoms. The monoisotopic (exact) mass is 515 g/mol. The van der Waals surface area contributed by atoms with Crippen LogP contribution in [0.4, 0.5) is 8.78 Å². The topological polar surface area (TPSA) is 68.0 Å². The lowest BCUT2D eigenvalue weighted by molar-refractivity contribution is 0.367. The summed E-state index contributed by atoms with van der Waals surface area (Å²) in [6.07, 6.45) is 6.06. The Hall–Kier alpha value is -3.87. The number of benzene rings is 2. The first kappa shape index (κ1) is 25.8. The van der Waals surface area contributed by atoms with Crippen LogP contribution in [0, 0.1) is 24.5 Å². The van der Waals surface area contributed by atoms with E-state index in [1.807, 2.05) is 50.2 Å². The molecular weight excluding hydrogens is 484 g/mol. The van der Waals surface area contributed by atoms with Crippen LogP contribution >= 0.6 is 0 Å². The minimum atomic E-state index is -0.685. The summed E-state index contributed by atoms with van der Waals surface area (Å²) < 4.78 is 29.9. The number of nitrogens with zero attached hydrogens (tertiary/aromatic N) is 3. The second kappa shape index (κ2) is 10.9. The van der Waals surface area contributed by atoms with E-state index in [0.29, 0.717) is 30.1 Å². The van der Waals surface area contributed by atoms with Gasteiger partial charge in [-0.15, -0.1) is 0 Å². The lowest BCUT2D eigenvalue weighted by Crippen LogP contribution is -2.26. The Morgan fingerprint density at radius 1 is 1.08 bits per heavy atom. The summed E-state index contributed by atoms with van der Waals surface area (Å²) in [6.45, 7) is 3.84. The van der Waals surface area contributed by atoms with Crippen molar-refractivity contribution in [3.05, 3.63) is 111 Å². The molecule has 196 valence electrons. The van der Waals surface area contributed by atoms with E-state index in [1.54, 1.807) is 10.8 Å². The van der Waals surface area contributed by atoms with Crippen LogP contribution < -0.4 is 5.56 Å². The Labute approximate surface area is 220 Å². The maximum absolute atomic E-state index is 14.1. The molecular formula is C31H31F2N3O2. The van der Waals surface area contributed by atoms with Crippen LogP contribution in [0.15, 0.2) is 65.6 Å². The number of aryl methyl sites for hydroxylation is 2. The molecule has 0 radical (unpaired) electrons. The summed E-state index contributed by atoms with van der Waals surface area (Å²) in [6, 6.07) is 14.5. The first-order chi connectivity index (χ1) is 18.3. The lowest BCUT2D eigenvalue weighted by Gasteiger charge is -2.25. The van der Waals surface area contributed by atoms with E-state index in [0.717, 1.165) is 47.7 Å². The molecule has 0 bridgehead atoms. The van der Waals surface area contributed by atoms with Crippen molar-refractivity contribution >= 4 is 0 Å². The van der Waals surface area contributed by atoms with Crippen LogP contribution in [0.3, 0.4) is 0 Å². The Balaban J connectivity index is 1.53. The van der Waals surface area contributed by atoms with Crippen LogP contribution in [0.1, 0.15) is 66.9 Å². The van der Waals surface area contributed by atoms with E-state index >= 15 is 0 Å². The quantitative estimate of drug-likeness (QED) is 0.275. The first-order valence-corrected chi connectivity index (χ1v) is 13.1. The second-order valence-electron chi connectivity index (χ2n) is 10.1. The van der Waals surface area contributed by atoms with Crippen LogP contribution in [0.25, 0.3) is 11.1 Å². The smallest absolute Gasteiger partial charge is 0.280 e. The first-order valence-electron chi connectivity index (χ1n) is 13.1. The number of halogens is 2. The zero-order valence-electron chi connectivity index (χ0n) is 21.6. The van der Waals surface area contributed by atoms with Gasteiger partial charge in [-0.05, 0) is 60.6 Å². The molecule has 1 fully saturated rings. The van der Waals surface area contributed by atoms with Crippen molar-refractivity contribution in [1.29, 1.82) is 0 Å². The van der Waals surface area contributed by atoms with E-state index in [2.05, 4.69) is 9.97 Å². The summed E-state index contributed by atoms with van der Waals surface area (Å²) in [5.74, 6) is -0.524. The maximum atomic E-state index is 14.1. The molecule has 1 aliphatic rings. The maximum Gasteiger partial charge on any atom is 0.280 e. The van der Waals surface area contributed by atoms with E-state index < -0.39 is 23.2 Å². The van der Waals surface area contributed by atoms with E-state index in [4.69, 9.17) is 0 Å². The third kappa shape index (κ3) is 5.52. The number of pyridine rings is 1. The highest BCUT2D eigenvalue weighted by molar-refractivity contribution is 5.65. The zero-order chi connectivity index (χ0) is 26.8. The summed E-state index contributed by atoms with van der Waals surface area (Å²) in [5.41, 5.74) is 3.88. The van der Waals surface area contributed by atoms with Gasteiger partial charge < -0.3 is 5.11 Å². The molecule has 2 aromatic heterocycles. The number of hydrogen-bond donors (Lipinski definition) is 1. The SMILES string of the molecule is CCC(c1cc(F)cc(F)c1)n1c(CCC2CC2)nc(=O)c(Cc2ccc(-c3cccnc3C)cc2)c1O. The molecule has 1 aliphatic carbocycles. The Morgan fingerprint density at radius 3 is 2.42 bits per heavy atom. The molecule has 4 aromatic rings. The Bertz CT molecular complexity index is 1490. The molecule has 0 amide bonds. The fraction of sp³-hybridized carbons (Fsp3) is 0.323. The average molecular weight is 516 g/mol. The van der Waals surface area contributed by atoms with Gasteiger partial charge in [-0.3, -0.25) is 14.3 Å². The van der Waals surface area contributed by atoms with Crippen molar-refractivity contribution in [1.82, 2.24) is 14.5 Å². The highest BCUT2D eigenvalue weighted by Crippen LogP contribution is 2.35. The molecule has 1 atom stereocenters. The highest BCUT2D eigenvalue weighted by Gasteiger charge is 2.27. The zero-order valence-corrected chi connectivity index (χ0v) is 21.6. The van der Waals surface area contributed by atoms with Gasteiger partial charge in [-0.2, -0.15) is 4.98 Å². The largest absolute Gasteiger partial charge is 0.494 e. The second-order valence-corrected chi connectivity index (χ2v) is 10.1. The van der Waals surface area contributed by atoms with Gasteiger partial charge in [0.2, 0.25) is 5.88 Å². The Morgan fingerprint density at radius 2 is 1.79 bits per heavy atom. The molecule has 1 unspecified atom stereocenters. The molecule has 1 N–H and O–H groups in total. The van der Waals surface area contributed by atoms with E-state index in [1.165, 1.54) is 12.1 Å². The number of hydrogen-bond acceptors (Lipinski definition) is 4. The van der Waals surface area contributed by atoms with Gasteiger partial charge in [-0.1, -0.05) is 50.1 Å². The van der Waals surface area contributed by atoms with Gasteiger partial charge in [0, 0.05) is 36.4 Å². The van der Waals surface area contributed by atoms with E-state index in [-0.39, 0.29) is 17.9 Å². The fourth-order valence-corrected chi connectivity index (χ4v) is 5.13. The molecule has 5 rings (SSSR count). The van der Waals surface area contributed by atoms with Crippen molar-refractivity contribution in [3.8, 4) is 17.0 Å². The van der Waals surface area contributed by atoms with Crippen LogP contribution in [0.2, 0.25) is 0 Å². The minimum absolute atomic E-state index is 0.167. The van der Waals surface area contributed by atoms with Gasteiger partial charge >= 0.3 is 0 Å². The van der Waals surface area contributed by atoms with Gasteiger partial charge in [0.15, 0.2) is 0 Å². The fourth-order valence-electron chi connectivity index (χ4n) is 5.13. The molecule has 0 aliphatic heterocycles. The minimum Gasteiger partial charge on any atom is -0.494 e. The predicted molar refractivity (Wildman–Crippen MR) is 143 cm³/mol. The van der Waals surface area contributed by atoms with Crippen molar-refractivity contribution < 1.29 is 13.9 Å². The summed E-state index contributed by atoms with van der Waals surface area (Å²) >= 11 is 0. The summed E-state index contributed by atoms with van der Waals surface area (Å²) in [4.78, 5) is 21.9. The molecule has 2 heterocycles. The van der Waals surface area contributed by atoms with Gasteiger partial charge in [0.05, 0.1) is 11.6 Å². The van der Waals surface area contributed by atoms with Crippen LogP contribution in [-0.2, 0) is 12.8 Å². The molecule has 0 saturated heterocycles. The van der Waals surface area contributed by atoms with Crippen molar-refractivity contribution in [2.45, 2.75) is 58.4 Å². The predicted octanol–water partition coefficient (Wildman–Crippen LogP) is 6.53. The number of rotatable bonds is 9. The van der Waals surface area contributed by atoms with Crippen molar-refractivity contribution in [2.75, 3.05) is 0 Å². The summed E-state index contributed by atoms with van der Waals surface area (Å²) in [5, 5.41) is 11.5. The molecule has 7 heteroatoms. The molecule has 1 saturated carbocycles. The normalized spacial score (nSPS) is 14.0. The number of aromatic nitrogens is 3. The van der Waals surface area contributed by atoms with Crippen molar-refractivity contribution in [2.24, 2.45) is 5.92 Å². The van der Waals surface area contributed by atoms with Crippen LogP contribution in [-0.4, -0.2) is 19.6 Å². The number of aromatic hydroxyl groups is 1. The molecule has 5 nitrogen and oxygen atoms in total. The van der Waals surface area contributed by atoms with Gasteiger partial charge in [0.25, 0.3) is 5.56 Å². The average Bonchev–Trinajstić information content (AvgIpc) is 3.72. The van der Waals surface area contributed by atoms with Crippen LogP contribution in [0.5, 0.6) is 5.88 Å². The standard InChI is InChI=1S/C31H31F2N3O2/c1-3-28(23-16-24(32)18-25(33)17-23)36-29(13-10-20-6-7-20)35-30(37)27(31(36)38)15-21-8-11-22(12-9-21)26-5-4-14-34-19(26)2/h4-5,8-9,11-12,14,16-18,20,28,38H,3,6-7,10,13,15H2,1-2H3. The lowest BCUT2D eigenvalue weighted by atomic mass is 9.99. The Kier molecular flexibility index (Phi) is 7.36.